The highest BCUT2D eigenvalue weighted by molar-refractivity contribution is 5.76. The van der Waals surface area contributed by atoms with E-state index in [4.69, 9.17) is 9.84 Å². The molecule has 1 fully saturated rings. The van der Waals surface area contributed by atoms with Gasteiger partial charge < -0.3 is 20.5 Å². The van der Waals surface area contributed by atoms with Crippen LogP contribution in [0.2, 0.25) is 0 Å². The Bertz CT molecular complexity index is 290. The first-order valence-corrected chi connectivity index (χ1v) is 6.88. The predicted octanol–water partition coefficient (Wildman–Crippen LogP) is 0.372. The van der Waals surface area contributed by atoms with E-state index >= 15 is 0 Å². The van der Waals surface area contributed by atoms with E-state index in [1.807, 2.05) is 0 Å². The molecule has 0 aromatic rings. The summed E-state index contributed by atoms with van der Waals surface area (Å²) in [4.78, 5) is 22.0. The molecular formula is C13H24N2O4. The normalized spacial score (nSPS) is 17.9. The number of carbonyl (C=O) groups is 2. The van der Waals surface area contributed by atoms with Crippen LogP contribution in [0, 0.1) is 5.92 Å². The fraction of sp³-hybridized carbons (Fsp3) is 0.846. The van der Waals surface area contributed by atoms with E-state index in [0.717, 1.165) is 25.9 Å². The van der Waals surface area contributed by atoms with Crippen molar-refractivity contribution in [1.29, 1.82) is 0 Å². The maximum atomic E-state index is 11.5. The van der Waals surface area contributed by atoms with Crippen LogP contribution in [-0.2, 0) is 14.3 Å². The van der Waals surface area contributed by atoms with Crippen LogP contribution in [0.25, 0.3) is 0 Å². The number of carbonyl (C=O) groups excluding carboxylic acids is 1. The molecule has 1 rings (SSSR count). The third kappa shape index (κ3) is 7.79. The van der Waals surface area contributed by atoms with Gasteiger partial charge in [0.25, 0.3) is 0 Å². The molecule has 0 bridgehead atoms. The van der Waals surface area contributed by atoms with Gasteiger partial charge in [-0.1, -0.05) is 6.92 Å². The van der Waals surface area contributed by atoms with Crippen LogP contribution in [-0.4, -0.2) is 49.3 Å². The van der Waals surface area contributed by atoms with Gasteiger partial charge in [-0.2, -0.15) is 0 Å². The molecule has 1 unspecified atom stereocenters. The SMILES string of the molecule is CC(CNC(=O)CCOC1CCNCC1)CC(=O)O. The van der Waals surface area contributed by atoms with Crippen LogP contribution in [0.1, 0.15) is 32.6 Å². The standard InChI is InChI=1S/C13H24N2O4/c1-10(8-13(17)18)9-15-12(16)4-7-19-11-2-5-14-6-3-11/h10-11,14H,2-9H2,1H3,(H,15,16)(H,17,18). The molecule has 1 heterocycles. The number of carboxylic acids is 1. The number of rotatable bonds is 8. The van der Waals surface area contributed by atoms with E-state index < -0.39 is 5.97 Å². The molecule has 6 heteroatoms. The molecule has 1 amide bonds. The molecule has 0 aromatic heterocycles. The minimum absolute atomic E-state index is 0.0493. The fourth-order valence-electron chi connectivity index (χ4n) is 2.03. The number of ether oxygens (including phenoxy) is 1. The van der Waals surface area contributed by atoms with Gasteiger partial charge in [0.2, 0.25) is 5.91 Å². The summed E-state index contributed by atoms with van der Waals surface area (Å²) in [7, 11) is 0. The molecule has 1 atom stereocenters. The molecule has 1 aliphatic heterocycles. The molecule has 1 saturated heterocycles. The van der Waals surface area contributed by atoms with Crippen LogP contribution < -0.4 is 10.6 Å². The zero-order valence-electron chi connectivity index (χ0n) is 11.5. The van der Waals surface area contributed by atoms with Crippen molar-refractivity contribution < 1.29 is 19.4 Å². The average molecular weight is 272 g/mol. The van der Waals surface area contributed by atoms with Gasteiger partial charge in [-0.05, 0) is 31.8 Å². The Labute approximate surface area is 113 Å². The van der Waals surface area contributed by atoms with E-state index in [-0.39, 0.29) is 24.3 Å². The van der Waals surface area contributed by atoms with E-state index in [2.05, 4.69) is 10.6 Å². The number of piperidine rings is 1. The molecule has 1 aliphatic rings. The van der Waals surface area contributed by atoms with Crippen molar-refractivity contribution in [2.45, 2.75) is 38.7 Å². The lowest BCUT2D eigenvalue weighted by molar-refractivity contribution is -0.138. The van der Waals surface area contributed by atoms with E-state index in [1.54, 1.807) is 6.92 Å². The summed E-state index contributed by atoms with van der Waals surface area (Å²) in [5, 5.41) is 14.6. The molecule has 6 nitrogen and oxygen atoms in total. The highest BCUT2D eigenvalue weighted by Crippen LogP contribution is 2.07. The number of hydrogen-bond donors (Lipinski definition) is 3. The fourth-order valence-corrected chi connectivity index (χ4v) is 2.03. The molecule has 0 spiro atoms. The van der Waals surface area contributed by atoms with Crippen LogP contribution in [0.15, 0.2) is 0 Å². The number of nitrogens with one attached hydrogen (secondary N) is 2. The number of hydrogen-bond acceptors (Lipinski definition) is 4. The Kier molecular flexibility index (Phi) is 7.43. The summed E-state index contributed by atoms with van der Waals surface area (Å²) in [5.41, 5.74) is 0. The lowest BCUT2D eigenvalue weighted by atomic mass is 10.1. The van der Waals surface area contributed by atoms with Crippen molar-refractivity contribution >= 4 is 11.9 Å². The van der Waals surface area contributed by atoms with Gasteiger partial charge >= 0.3 is 5.97 Å². The smallest absolute Gasteiger partial charge is 0.303 e. The zero-order chi connectivity index (χ0) is 14.1. The van der Waals surface area contributed by atoms with Crippen molar-refractivity contribution in [3.63, 3.8) is 0 Å². The van der Waals surface area contributed by atoms with Gasteiger partial charge in [0.1, 0.15) is 0 Å². The number of carboxylic acid groups (broad SMARTS) is 1. The first-order chi connectivity index (χ1) is 9.08. The second-order valence-electron chi connectivity index (χ2n) is 5.08. The first-order valence-electron chi connectivity index (χ1n) is 6.88. The molecular weight excluding hydrogens is 248 g/mol. The lowest BCUT2D eigenvalue weighted by Gasteiger charge is -2.22. The van der Waals surface area contributed by atoms with E-state index in [0.29, 0.717) is 19.6 Å². The third-order valence-electron chi connectivity index (χ3n) is 3.14. The van der Waals surface area contributed by atoms with Gasteiger partial charge in [-0.15, -0.1) is 0 Å². The lowest BCUT2D eigenvalue weighted by Crippen LogP contribution is -2.34. The van der Waals surface area contributed by atoms with Gasteiger partial charge in [0.05, 0.1) is 12.7 Å². The summed E-state index contributed by atoms with van der Waals surface area (Å²) >= 11 is 0. The van der Waals surface area contributed by atoms with Gasteiger partial charge in [-0.3, -0.25) is 9.59 Å². The Morgan fingerprint density at radius 3 is 2.74 bits per heavy atom. The number of amides is 1. The Morgan fingerprint density at radius 1 is 1.42 bits per heavy atom. The van der Waals surface area contributed by atoms with E-state index in [9.17, 15) is 9.59 Å². The quantitative estimate of drug-likeness (QED) is 0.594. The molecule has 110 valence electrons. The van der Waals surface area contributed by atoms with Crippen LogP contribution in [0.5, 0.6) is 0 Å². The second-order valence-corrected chi connectivity index (χ2v) is 5.08. The maximum Gasteiger partial charge on any atom is 0.303 e. The van der Waals surface area contributed by atoms with Gasteiger partial charge in [-0.25, -0.2) is 0 Å². The minimum atomic E-state index is -0.837. The Balaban J connectivity index is 2.02. The van der Waals surface area contributed by atoms with Crippen molar-refractivity contribution in [3.8, 4) is 0 Å². The molecule has 0 saturated carbocycles. The number of aliphatic carboxylic acids is 1. The van der Waals surface area contributed by atoms with Gasteiger partial charge in [0, 0.05) is 19.4 Å². The minimum Gasteiger partial charge on any atom is -0.481 e. The van der Waals surface area contributed by atoms with E-state index in [1.165, 1.54) is 0 Å². The molecule has 0 aromatic carbocycles. The first kappa shape index (κ1) is 15.9. The molecule has 0 aliphatic carbocycles. The van der Waals surface area contributed by atoms with Gasteiger partial charge in [0.15, 0.2) is 0 Å². The summed E-state index contributed by atoms with van der Waals surface area (Å²) in [6, 6.07) is 0. The summed E-state index contributed by atoms with van der Waals surface area (Å²) in [6.07, 6.45) is 2.67. The molecule has 3 N–H and O–H groups in total. The second kappa shape index (κ2) is 8.87. The third-order valence-corrected chi connectivity index (χ3v) is 3.14. The average Bonchev–Trinajstić information content (AvgIpc) is 2.37. The molecule has 0 radical (unpaired) electrons. The highest BCUT2D eigenvalue weighted by atomic mass is 16.5. The Morgan fingerprint density at radius 2 is 2.11 bits per heavy atom. The van der Waals surface area contributed by atoms with Crippen LogP contribution in [0.3, 0.4) is 0 Å². The van der Waals surface area contributed by atoms with Crippen molar-refractivity contribution in [1.82, 2.24) is 10.6 Å². The van der Waals surface area contributed by atoms with Crippen molar-refractivity contribution in [2.24, 2.45) is 5.92 Å². The molecule has 19 heavy (non-hydrogen) atoms. The highest BCUT2D eigenvalue weighted by Gasteiger charge is 2.14. The maximum absolute atomic E-state index is 11.5. The zero-order valence-corrected chi connectivity index (χ0v) is 11.5. The summed E-state index contributed by atoms with van der Waals surface area (Å²) in [5.74, 6) is -0.964. The predicted molar refractivity (Wildman–Crippen MR) is 70.9 cm³/mol. The monoisotopic (exact) mass is 272 g/mol. The summed E-state index contributed by atoms with van der Waals surface area (Å²) in [6.45, 7) is 4.59. The Hall–Kier alpha value is -1.14. The van der Waals surface area contributed by atoms with Crippen LogP contribution >= 0.6 is 0 Å². The van der Waals surface area contributed by atoms with Crippen molar-refractivity contribution in [3.05, 3.63) is 0 Å². The van der Waals surface area contributed by atoms with Crippen LogP contribution in [0.4, 0.5) is 0 Å². The summed E-state index contributed by atoms with van der Waals surface area (Å²) < 4.78 is 5.63. The largest absolute Gasteiger partial charge is 0.481 e. The van der Waals surface area contributed by atoms with Crippen molar-refractivity contribution in [2.75, 3.05) is 26.2 Å². The topological polar surface area (TPSA) is 87.7 Å².